The zero-order chi connectivity index (χ0) is 13.5. The summed E-state index contributed by atoms with van der Waals surface area (Å²) in [6, 6.07) is 5.21. The molecule has 0 bridgehead atoms. The Labute approximate surface area is 114 Å². The SMILES string of the molecule is COc1cccc2c1NCC1(CCCC1)CS2(=O)=O. The predicted molar refractivity (Wildman–Crippen MR) is 74.4 cm³/mol. The highest BCUT2D eigenvalue weighted by molar-refractivity contribution is 7.91. The summed E-state index contributed by atoms with van der Waals surface area (Å²) in [4.78, 5) is 0.385. The number of rotatable bonds is 1. The van der Waals surface area contributed by atoms with Gasteiger partial charge in [0.2, 0.25) is 0 Å². The molecule has 1 fully saturated rings. The maximum Gasteiger partial charge on any atom is 0.181 e. The lowest BCUT2D eigenvalue weighted by atomic mass is 9.88. The Morgan fingerprint density at radius 3 is 2.68 bits per heavy atom. The van der Waals surface area contributed by atoms with E-state index in [1.54, 1.807) is 25.3 Å². The summed E-state index contributed by atoms with van der Waals surface area (Å²) in [7, 11) is -1.68. The molecular formula is C14H19NO3S. The second-order valence-corrected chi connectivity index (χ2v) is 7.61. The standard InChI is InChI=1S/C14H19NO3S/c1-18-11-5-4-6-12-13(11)15-9-14(7-2-3-8-14)10-19(12,16)17/h4-6,15H,2-3,7-10H2,1H3. The van der Waals surface area contributed by atoms with Crippen LogP contribution in [0, 0.1) is 5.41 Å². The second kappa shape index (κ2) is 4.40. The van der Waals surface area contributed by atoms with Crippen molar-refractivity contribution in [1.29, 1.82) is 0 Å². The molecule has 1 saturated carbocycles. The van der Waals surface area contributed by atoms with Gasteiger partial charge in [-0.15, -0.1) is 0 Å². The molecule has 1 spiro atoms. The summed E-state index contributed by atoms with van der Waals surface area (Å²) in [5.74, 6) is 0.865. The van der Waals surface area contributed by atoms with Crippen molar-refractivity contribution < 1.29 is 13.2 Å². The molecular weight excluding hydrogens is 262 g/mol. The van der Waals surface area contributed by atoms with Crippen LogP contribution in [0.3, 0.4) is 0 Å². The number of anilines is 1. The average Bonchev–Trinajstić information content (AvgIpc) is 2.79. The van der Waals surface area contributed by atoms with Crippen LogP contribution in [0.2, 0.25) is 0 Å². The Hall–Kier alpha value is -1.23. The van der Waals surface area contributed by atoms with Crippen molar-refractivity contribution in [1.82, 2.24) is 0 Å². The summed E-state index contributed by atoms with van der Waals surface area (Å²) < 4.78 is 30.5. The molecule has 19 heavy (non-hydrogen) atoms. The van der Waals surface area contributed by atoms with Crippen molar-refractivity contribution in [3.63, 3.8) is 0 Å². The van der Waals surface area contributed by atoms with Crippen LogP contribution >= 0.6 is 0 Å². The quantitative estimate of drug-likeness (QED) is 0.859. The summed E-state index contributed by atoms with van der Waals surface area (Å²) in [6.07, 6.45) is 4.25. The van der Waals surface area contributed by atoms with Crippen LogP contribution in [-0.4, -0.2) is 27.8 Å². The first-order chi connectivity index (χ1) is 9.06. The monoisotopic (exact) mass is 281 g/mol. The molecule has 0 aromatic heterocycles. The largest absolute Gasteiger partial charge is 0.495 e. The first-order valence-electron chi connectivity index (χ1n) is 6.70. The molecule has 3 rings (SSSR count). The summed E-state index contributed by atoms with van der Waals surface area (Å²) in [6.45, 7) is 0.722. The third-order valence-electron chi connectivity index (χ3n) is 4.34. The smallest absolute Gasteiger partial charge is 0.181 e. The minimum Gasteiger partial charge on any atom is -0.495 e. The van der Waals surface area contributed by atoms with Crippen LogP contribution in [-0.2, 0) is 9.84 Å². The van der Waals surface area contributed by atoms with Crippen LogP contribution in [0.4, 0.5) is 5.69 Å². The molecule has 1 heterocycles. The molecule has 104 valence electrons. The normalized spacial score (nSPS) is 23.4. The summed E-state index contributed by atoms with van der Waals surface area (Å²) in [5.41, 5.74) is 0.539. The molecule has 1 aliphatic heterocycles. The number of fused-ring (bicyclic) bond motifs is 1. The average molecular weight is 281 g/mol. The van der Waals surface area contributed by atoms with Gasteiger partial charge in [-0.05, 0) is 25.0 Å². The van der Waals surface area contributed by atoms with Gasteiger partial charge in [-0.25, -0.2) is 8.42 Å². The van der Waals surface area contributed by atoms with E-state index in [-0.39, 0.29) is 11.2 Å². The number of hydrogen-bond donors (Lipinski definition) is 1. The van der Waals surface area contributed by atoms with Gasteiger partial charge in [0.25, 0.3) is 0 Å². The second-order valence-electron chi connectivity index (χ2n) is 5.65. The third kappa shape index (κ3) is 2.10. The minimum atomic E-state index is -3.25. The molecule has 0 saturated heterocycles. The van der Waals surface area contributed by atoms with Crippen LogP contribution in [0.5, 0.6) is 5.75 Å². The summed E-state index contributed by atoms with van der Waals surface area (Å²) >= 11 is 0. The van der Waals surface area contributed by atoms with Gasteiger partial charge < -0.3 is 10.1 Å². The molecule has 1 N–H and O–H groups in total. The highest BCUT2D eigenvalue weighted by Crippen LogP contribution is 2.45. The topological polar surface area (TPSA) is 55.4 Å². The zero-order valence-corrected chi connectivity index (χ0v) is 11.9. The Morgan fingerprint density at radius 1 is 1.26 bits per heavy atom. The van der Waals surface area contributed by atoms with Gasteiger partial charge in [-0.1, -0.05) is 18.9 Å². The van der Waals surface area contributed by atoms with Crippen LogP contribution in [0.15, 0.2) is 23.1 Å². The van der Waals surface area contributed by atoms with E-state index >= 15 is 0 Å². The zero-order valence-electron chi connectivity index (χ0n) is 11.1. The van der Waals surface area contributed by atoms with Crippen LogP contribution in [0.25, 0.3) is 0 Å². The molecule has 0 unspecified atom stereocenters. The maximum atomic E-state index is 12.6. The Balaban J connectivity index is 2.10. The molecule has 0 radical (unpaired) electrons. The van der Waals surface area contributed by atoms with E-state index in [2.05, 4.69) is 5.32 Å². The highest BCUT2D eigenvalue weighted by atomic mass is 32.2. The molecule has 1 aromatic carbocycles. The van der Waals surface area contributed by atoms with Crippen molar-refractivity contribution in [2.45, 2.75) is 30.6 Å². The summed E-state index contributed by atoms with van der Waals surface area (Å²) in [5, 5.41) is 3.33. The number of hydrogen-bond acceptors (Lipinski definition) is 4. The van der Waals surface area contributed by atoms with E-state index in [9.17, 15) is 8.42 Å². The van der Waals surface area contributed by atoms with E-state index in [0.717, 1.165) is 32.2 Å². The first kappa shape index (κ1) is 12.8. The fourth-order valence-corrected chi connectivity index (χ4v) is 5.49. The van der Waals surface area contributed by atoms with Crippen molar-refractivity contribution in [2.75, 3.05) is 24.7 Å². The maximum absolute atomic E-state index is 12.6. The first-order valence-corrected chi connectivity index (χ1v) is 8.35. The van der Waals surface area contributed by atoms with Gasteiger partial charge in [0, 0.05) is 12.0 Å². The number of methoxy groups -OCH3 is 1. The minimum absolute atomic E-state index is 0.0944. The van der Waals surface area contributed by atoms with E-state index in [1.165, 1.54) is 0 Å². The number of sulfone groups is 1. The molecule has 1 aliphatic carbocycles. The fraction of sp³-hybridized carbons (Fsp3) is 0.571. The number of benzene rings is 1. The van der Waals surface area contributed by atoms with Gasteiger partial charge in [-0.2, -0.15) is 0 Å². The van der Waals surface area contributed by atoms with E-state index in [1.807, 2.05) is 0 Å². The lowest BCUT2D eigenvalue weighted by Gasteiger charge is -2.26. The van der Waals surface area contributed by atoms with Gasteiger partial charge in [0.1, 0.15) is 5.75 Å². The van der Waals surface area contributed by atoms with Crippen molar-refractivity contribution in [3.8, 4) is 5.75 Å². The number of nitrogens with one attached hydrogen (secondary N) is 1. The fourth-order valence-electron chi connectivity index (χ4n) is 3.37. The molecule has 5 heteroatoms. The Bertz CT molecular complexity index is 589. The number of para-hydroxylation sites is 1. The van der Waals surface area contributed by atoms with Crippen LogP contribution < -0.4 is 10.1 Å². The van der Waals surface area contributed by atoms with Gasteiger partial charge in [0.05, 0.1) is 23.4 Å². The van der Waals surface area contributed by atoms with Gasteiger partial charge in [0.15, 0.2) is 9.84 Å². The molecule has 4 nitrogen and oxygen atoms in total. The Morgan fingerprint density at radius 2 is 2.00 bits per heavy atom. The number of ether oxygens (including phenoxy) is 1. The van der Waals surface area contributed by atoms with Gasteiger partial charge in [-0.3, -0.25) is 0 Å². The van der Waals surface area contributed by atoms with Crippen molar-refractivity contribution in [2.24, 2.45) is 5.41 Å². The molecule has 0 amide bonds. The molecule has 0 atom stereocenters. The van der Waals surface area contributed by atoms with E-state index < -0.39 is 9.84 Å². The lowest BCUT2D eigenvalue weighted by molar-refractivity contribution is 0.364. The molecule has 1 aromatic rings. The lowest BCUT2D eigenvalue weighted by Crippen LogP contribution is -2.31. The van der Waals surface area contributed by atoms with Gasteiger partial charge >= 0.3 is 0 Å². The highest BCUT2D eigenvalue weighted by Gasteiger charge is 2.42. The van der Waals surface area contributed by atoms with Crippen molar-refractivity contribution >= 4 is 15.5 Å². The van der Waals surface area contributed by atoms with E-state index in [4.69, 9.17) is 4.74 Å². The van der Waals surface area contributed by atoms with E-state index in [0.29, 0.717) is 16.3 Å². The third-order valence-corrected chi connectivity index (χ3v) is 6.35. The van der Waals surface area contributed by atoms with Crippen molar-refractivity contribution in [3.05, 3.63) is 18.2 Å². The molecule has 2 aliphatic rings. The van der Waals surface area contributed by atoms with Crippen LogP contribution in [0.1, 0.15) is 25.7 Å². The Kier molecular flexibility index (Phi) is 2.96. The predicted octanol–water partition coefficient (Wildman–Crippen LogP) is 2.45.